The highest BCUT2D eigenvalue weighted by Crippen LogP contribution is 2.45. The molecule has 2 aliphatic rings. The summed E-state index contributed by atoms with van der Waals surface area (Å²) in [7, 11) is 4.08. The Morgan fingerprint density at radius 2 is 2.04 bits per heavy atom. The lowest BCUT2D eigenvalue weighted by molar-refractivity contribution is -0.136. The number of rotatable bonds is 3. The van der Waals surface area contributed by atoms with Crippen molar-refractivity contribution >= 4 is 29.1 Å². The molecule has 0 bridgehead atoms. The van der Waals surface area contributed by atoms with Crippen LogP contribution in [0, 0.1) is 5.92 Å². The van der Waals surface area contributed by atoms with Gasteiger partial charge in [-0.1, -0.05) is 23.2 Å². The number of carbonyl (C=O) groups is 1. The van der Waals surface area contributed by atoms with E-state index < -0.39 is 0 Å². The maximum absolute atomic E-state index is 12.5. The van der Waals surface area contributed by atoms with Crippen molar-refractivity contribution in [1.82, 2.24) is 9.80 Å². The number of halogens is 2. The average molecular weight is 357 g/mol. The first-order valence-corrected chi connectivity index (χ1v) is 8.73. The molecule has 0 saturated carbocycles. The van der Waals surface area contributed by atoms with Crippen molar-refractivity contribution in [2.45, 2.75) is 31.2 Å². The second-order valence-electron chi connectivity index (χ2n) is 6.99. The number of benzene rings is 1. The second-order valence-corrected chi connectivity index (χ2v) is 7.78. The quantitative estimate of drug-likeness (QED) is 0.902. The molecule has 1 aromatic rings. The fourth-order valence-corrected chi connectivity index (χ4v) is 4.57. The highest BCUT2D eigenvalue weighted by atomic mass is 35.5. The van der Waals surface area contributed by atoms with E-state index in [1.54, 1.807) is 12.1 Å². The van der Waals surface area contributed by atoms with E-state index in [4.69, 9.17) is 23.2 Å². The van der Waals surface area contributed by atoms with Gasteiger partial charge in [-0.15, -0.1) is 0 Å². The zero-order valence-corrected chi connectivity index (χ0v) is 14.9. The molecule has 0 spiro atoms. The fourth-order valence-electron chi connectivity index (χ4n) is 4.09. The molecule has 1 aromatic carbocycles. The average Bonchev–Trinajstić information content (AvgIpc) is 2.87. The molecule has 3 rings (SSSR count). The molecule has 0 aromatic heterocycles. The zero-order chi connectivity index (χ0) is 16.7. The highest BCUT2D eigenvalue weighted by Gasteiger charge is 2.42. The van der Waals surface area contributed by atoms with Crippen molar-refractivity contribution < 1.29 is 9.90 Å². The van der Waals surface area contributed by atoms with Crippen molar-refractivity contribution in [2.24, 2.45) is 5.92 Å². The van der Waals surface area contributed by atoms with Crippen molar-refractivity contribution in [2.75, 3.05) is 27.2 Å². The number of hydrogen-bond donors (Lipinski definition) is 1. The van der Waals surface area contributed by atoms with Crippen LogP contribution in [0.15, 0.2) is 12.1 Å². The molecule has 2 saturated heterocycles. The van der Waals surface area contributed by atoms with Crippen molar-refractivity contribution in [1.29, 1.82) is 0 Å². The summed E-state index contributed by atoms with van der Waals surface area (Å²) >= 11 is 12.4. The van der Waals surface area contributed by atoms with Gasteiger partial charge in [0.05, 0.1) is 10.0 Å². The van der Waals surface area contributed by atoms with Gasteiger partial charge in [0.2, 0.25) is 5.91 Å². The molecule has 0 aliphatic carbocycles. The Labute approximate surface area is 147 Å². The number of piperidine rings is 1. The minimum Gasteiger partial charge on any atom is -0.508 e. The molecule has 1 N–H and O–H groups in total. The monoisotopic (exact) mass is 356 g/mol. The van der Waals surface area contributed by atoms with Crippen LogP contribution in [0.25, 0.3) is 0 Å². The number of phenols is 1. The molecule has 3 atom stereocenters. The van der Waals surface area contributed by atoms with E-state index >= 15 is 0 Å². The Kier molecular flexibility index (Phi) is 4.77. The lowest BCUT2D eigenvalue weighted by atomic mass is 9.88. The Balaban J connectivity index is 1.81. The molecule has 2 fully saturated rings. The van der Waals surface area contributed by atoms with Gasteiger partial charge in [0, 0.05) is 37.0 Å². The number of nitrogens with zero attached hydrogens (tertiary/aromatic N) is 2. The maximum atomic E-state index is 12.5. The summed E-state index contributed by atoms with van der Waals surface area (Å²) in [4.78, 5) is 16.6. The third-order valence-electron chi connectivity index (χ3n) is 4.94. The Bertz CT molecular complexity index is 621. The topological polar surface area (TPSA) is 43.8 Å². The molecule has 4 nitrogen and oxygen atoms in total. The number of aromatic hydroxyl groups is 1. The van der Waals surface area contributed by atoms with Gasteiger partial charge in [0.15, 0.2) is 0 Å². The second kappa shape index (κ2) is 6.50. The van der Waals surface area contributed by atoms with Crippen LogP contribution < -0.4 is 0 Å². The van der Waals surface area contributed by atoms with Crippen LogP contribution in [0.5, 0.6) is 5.75 Å². The van der Waals surface area contributed by atoms with Gasteiger partial charge in [-0.05, 0) is 45.0 Å². The summed E-state index contributed by atoms with van der Waals surface area (Å²) in [6.45, 7) is 1.55. The zero-order valence-electron chi connectivity index (χ0n) is 13.4. The number of carbonyl (C=O) groups excluding carboxylic acids is 1. The van der Waals surface area contributed by atoms with E-state index in [1.165, 1.54) is 0 Å². The third-order valence-corrected chi connectivity index (χ3v) is 5.76. The standard InChI is InChI=1S/C17H22Cl2N2O2/c1-20(2)8-10-5-12-7-11(9-21(12)15(23)6-10)16-14(22)4-3-13(18)17(16)19/h3-4,10-12,22H,5-9H2,1-2H3/t10?,11-,12+/m0/s1. The van der Waals surface area contributed by atoms with E-state index in [-0.39, 0.29) is 23.6 Å². The number of hydrogen-bond acceptors (Lipinski definition) is 3. The van der Waals surface area contributed by atoms with Gasteiger partial charge in [-0.3, -0.25) is 4.79 Å². The van der Waals surface area contributed by atoms with E-state index in [1.807, 2.05) is 19.0 Å². The molecule has 0 radical (unpaired) electrons. The van der Waals surface area contributed by atoms with Gasteiger partial charge < -0.3 is 14.9 Å². The van der Waals surface area contributed by atoms with Crippen LogP contribution in [0.3, 0.4) is 0 Å². The lowest BCUT2D eigenvalue weighted by Crippen LogP contribution is -2.44. The van der Waals surface area contributed by atoms with E-state index in [0.29, 0.717) is 34.5 Å². The molecule has 1 unspecified atom stereocenters. The molecular weight excluding hydrogens is 335 g/mol. The van der Waals surface area contributed by atoms with Crippen LogP contribution >= 0.6 is 23.2 Å². The van der Waals surface area contributed by atoms with Gasteiger partial charge in [0.1, 0.15) is 5.75 Å². The molecule has 1 amide bonds. The van der Waals surface area contributed by atoms with Crippen molar-refractivity contribution in [3.63, 3.8) is 0 Å². The summed E-state index contributed by atoms with van der Waals surface area (Å²) in [5.74, 6) is 0.837. The van der Waals surface area contributed by atoms with Crippen LogP contribution in [-0.2, 0) is 4.79 Å². The molecule has 6 heteroatoms. The van der Waals surface area contributed by atoms with Gasteiger partial charge in [0.25, 0.3) is 0 Å². The summed E-state index contributed by atoms with van der Waals surface area (Å²) < 4.78 is 0. The fraction of sp³-hybridized carbons (Fsp3) is 0.588. The smallest absolute Gasteiger partial charge is 0.223 e. The minimum absolute atomic E-state index is 0.0493. The normalized spacial score (nSPS) is 27.6. The van der Waals surface area contributed by atoms with Crippen LogP contribution in [0.2, 0.25) is 10.0 Å². The van der Waals surface area contributed by atoms with Gasteiger partial charge in [-0.25, -0.2) is 0 Å². The highest BCUT2D eigenvalue weighted by molar-refractivity contribution is 6.42. The third kappa shape index (κ3) is 3.30. The van der Waals surface area contributed by atoms with E-state index in [9.17, 15) is 9.90 Å². The lowest BCUT2D eigenvalue weighted by Gasteiger charge is -2.35. The molecule has 2 heterocycles. The van der Waals surface area contributed by atoms with Crippen molar-refractivity contribution in [3.05, 3.63) is 27.7 Å². The number of phenolic OH excluding ortho intramolecular Hbond substituents is 1. The summed E-state index contributed by atoms with van der Waals surface area (Å²) in [6, 6.07) is 3.42. The predicted molar refractivity (Wildman–Crippen MR) is 92.3 cm³/mol. The van der Waals surface area contributed by atoms with E-state index in [2.05, 4.69) is 4.90 Å². The molecule has 23 heavy (non-hydrogen) atoms. The molecule has 126 valence electrons. The summed E-state index contributed by atoms with van der Waals surface area (Å²) in [5, 5.41) is 11.0. The Hall–Kier alpha value is -0.970. The van der Waals surface area contributed by atoms with Gasteiger partial charge in [-0.2, -0.15) is 0 Å². The predicted octanol–water partition coefficient (Wildman–Crippen LogP) is 3.36. The SMILES string of the molecule is CN(C)CC1CC(=O)N2C[C@@H](c3c(O)ccc(Cl)c3Cl)C[C@H]2C1. The summed E-state index contributed by atoms with van der Waals surface area (Å²) in [6.07, 6.45) is 2.46. The maximum Gasteiger partial charge on any atom is 0.223 e. The number of amides is 1. The first kappa shape index (κ1) is 16.9. The first-order valence-electron chi connectivity index (χ1n) is 7.98. The summed E-state index contributed by atoms with van der Waals surface area (Å²) in [5.41, 5.74) is 0.686. The first-order chi connectivity index (χ1) is 10.9. The van der Waals surface area contributed by atoms with Crippen LogP contribution in [0.1, 0.15) is 30.7 Å². The van der Waals surface area contributed by atoms with Crippen LogP contribution in [-0.4, -0.2) is 54.0 Å². The van der Waals surface area contributed by atoms with E-state index in [0.717, 1.165) is 19.4 Å². The number of fused-ring (bicyclic) bond motifs is 1. The molecular formula is C17H22Cl2N2O2. The van der Waals surface area contributed by atoms with Crippen LogP contribution in [0.4, 0.5) is 0 Å². The Morgan fingerprint density at radius 1 is 1.30 bits per heavy atom. The minimum atomic E-state index is 0.0493. The molecule has 2 aliphatic heterocycles. The van der Waals surface area contributed by atoms with Gasteiger partial charge >= 0.3 is 0 Å². The van der Waals surface area contributed by atoms with Crippen molar-refractivity contribution in [3.8, 4) is 5.75 Å². The Morgan fingerprint density at radius 3 is 2.74 bits per heavy atom. The largest absolute Gasteiger partial charge is 0.508 e.